The SMILES string of the molecule is CC(=O)CCc1nc2ccccc2n1C. The lowest BCUT2D eigenvalue weighted by Crippen LogP contribution is -2.01. The number of benzene rings is 1. The number of carbonyl (C=O) groups is 1. The van der Waals surface area contributed by atoms with E-state index < -0.39 is 0 Å². The van der Waals surface area contributed by atoms with Crippen molar-refractivity contribution < 1.29 is 4.79 Å². The summed E-state index contributed by atoms with van der Waals surface area (Å²) in [6.45, 7) is 1.61. The molecule has 3 heteroatoms. The highest BCUT2D eigenvalue weighted by molar-refractivity contribution is 5.77. The molecule has 3 nitrogen and oxygen atoms in total. The Morgan fingerprint density at radius 2 is 2.13 bits per heavy atom. The van der Waals surface area contributed by atoms with Gasteiger partial charge in [-0.25, -0.2) is 4.98 Å². The summed E-state index contributed by atoms with van der Waals surface area (Å²) in [5, 5.41) is 0. The zero-order chi connectivity index (χ0) is 10.8. The molecule has 0 bridgehead atoms. The highest BCUT2D eigenvalue weighted by atomic mass is 16.1. The third-order valence-electron chi connectivity index (χ3n) is 2.58. The number of aryl methyl sites for hydroxylation is 2. The Hall–Kier alpha value is -1.64. The van der Waals surface area contributed by atoms with Gasteiger partial charge in [-0.05, 0) is 19.1 Å². The highest BCUT2D eigenvalue weighted by Gasteiger charge is 2.07. The molecule has 0 spiro atoms. The third-order valence-corrected chi connectivity index (χ3v) is 2.58. The van der Waals surface area contributed by atoms with Crippen LogP contribution in [-0.2, 0) is 18.3 Å². The van der Waals surface area contributed by atoms with Crippen LogP contribution in [-0.4, -0.2) is 15.3 Å². The molecule has 0 aliphatic heterocycles. The largest absolute Gasteiger partial charge is 0.331 e. The number of hydrogen-bond donors (Lipinski definition) is 0. The van der Waals surface area contributed by atoms with E-state index in [0.717, 1.165) is 23.3 Å². The van der Waals surface area contributed by atoms with Crippen molar-refractivity contribution >= 4 is 16.8 Å². The zero-order valence-corrected chi connectivity index (χ0v) is 9.03. The minimum Gasteiger partial charge on any atom is -0.331 e. The Morgan fingerprint density at radius 1 is 1.40 bits per heavy atom. The molecular formula is C12H14N2O. The minimum atomic E-state index is 0.210. The number of aromatic nitrogens is 2. The van der Waals surface area contributed by atoms with Gasteiger partial charge in [-0.2, -0.15) is 0 Å². The van der Waals surface area contributed by atoms with E-state index in [0.29, 0.717) is 6.42 Å². The van der Waals surface area contributed by atoms with Crippen LogP contribution in [0.5, 0.6) is 0 Å². The van der Waals surface area contributed by atoms with Crippen LogP contribution in [0, 0.1) is 0 Å². The average molecular weight is 202 g/mol. The fraction of sp³-hybridized carbons (Fsp3) is 0.333. The molecule has 2 aromatic rings. The van der Waals surface area contributed by atoms with Crippen LogP contribution < -0.4 is 0 Å². The topological polar surface area (TPSA) is 34.9 Å². The number of Topliss-reactive ketones (excluding diaryl/α,β-unsaturated/α-hetero) is 1. The lowest BCUT2D eigenvalue weighted by atomic mass is 10.2. The molecule has 0 atom stereocenters. The summed E-state index contributed by atoms with van der Waals surface area (Å²) in [7, 11) is 1.99. The normalized spacial score (nSPS) is 10.8. The predicted molar refractivity (Wildman–Crippen MR) is 59.7 cm³/mol. The molecule has 0 saturated carbocycles. The number of carbonyl (C=O) groups excluding carboxylic acids is 1. The summed E-state index contributed by atoms with van der Waals surface area (Å²) in [5.41, 5.74) is 2.12. The van der Waals surface area contributed by atoms with E-state index in [2.05, 4.69) is 9.55 Å². The maximum absolute atomic E-state index is 10.9. The second-order valence-corrected chi connectivity index (χ2v) is 3.78. The van der Waals surface area contributed by atoms with Crippen molar-refractivity contribution in [3.05, 3.63) is 30.1 Å². The van der Waals surface area contributed by atoms with Crippen molar-refractivity contribution in [2.24, 2.45) is 7.05 Å². The molecule has 0 unspecified atom stereocenters. The van der Waals surface area contributed by atoms with Crippen molar-refractivity contribution in [2.45, 2.75) is 19.8 Å². The average Bonchev–Trinajstić information content (AvgIpc) is 2.54. The van der Waals surface area contributed by atoms with Crippen molar-refractivity contribution in [1.82, 2.24) is 9.55 Å². The van der Waals surface area contributed by atoms with Gasteiger partial charge in [0.05, 0.1) is 11.0 Å². The van der Waals surface area contributed by atoms with E-state index in [1.54, 1.807) is 6.92 Å². The van der Waals surface area contributed by atoms with Crippen LogP contribution in [0.3, 0.4) is 0 Å². The van der Waals surface area contributed by atoms with Gasteiger partial charge in [0, 0.05) is 19.9 Å². The van der Waals surface area contributed by atoms with E-state index in [4.69, 9.17) is 0 Å². The summed E-state index contributed by atoms with van der Waals surface area (Å²) < 4.78 is 2.05. The summed E-state index contributed by atoms with van der Waals surface area (Å²) in [5.74, 6) is 1.19. The van der Waals surface area contributed by atoms with Gasteiger partial charge in [0.15, 0.2) is 0 Å². The maximum Gasteiger partial charge on any atom is 0.130 e. The maximum atomic E-state index is 10.9. The molecule has 1 heterocycles. The molecule has 0 aliphatic carbocycles. The van der Waals surface area contributed by atoms with E-state index in [1.807, 2.05) is 31.3 Å². The van der Waals surface area contributed by atoms with Crippen molar-refractivity contribution in [3.8, 4) is 0 Å². The van der Waals surface area contributed by atoms with Gasteiger partial charge in [0.1, 0.15) is 11.6 Å². The van der Waals surface area contributed by atoms with Gasteiger partial charge in [0.25, 0.3) is 0 Å². The first-order valence-electron chi connectivity index (χ1n) is 5.08. The Balaban J connectivity index is 2.36. The van der Waals surface area contributed by atoms with E-state index in [1.165, 1.54) is 0 Å². The van der Waals surface area contributed by atoms with Crippen LogP contribution in [0.2, 0.25) is 0 Å². The lowest BCUT2D eigenvalue weighted by molar-refractivity contribution is -0.117. The summed E-state index contributed by atoms with van der Waals surface area (Å²) in [4.78, 5) is 15.4. The Labute approximate surface area is 88.7 Å². The molecule has 0 N–H and O–H groups in total. The van der Waals surface area contributed by atoms with Crippen LogP contribution in [0.1, 0.15) is 19.2 Å². The number of fused-ring (bicyclic) bond motifs is 1. The van der Waals surface area contributed by atoms with Crippen LogP contribution in [0.25, 0.3) is 11.0 Å². The van der Waals surface area contributed by atoms with Gasteiger partial charge >= 0.3 is 0 Å². The number of nitrogens with zero attached hydrogens (tertiary/aromatic N) is 2. The molecule has 1 aromatic heterocycles. The highest BCUT2D eigenvalue weighted by Crippen LogP contribution is 2.15. The predicted octanol–water partition coefficient (Wildman–Crippen LogP) is 2.09. The molecule has 0 saturated heterocycles. The smallest absolute Gasteiger partial charge is 0.130 e. The molecule has 2 rings (SSSR count). The van der Waals surface area contributed by atoms with Gasteiger partial charge in [-0.1, -0.05) is 12.1 Å². The molecule has 0 aliphatic rings. The van der Waals surface area contributed by atoms with Crippen LogP contribution >= 0.6 is 0 Å². The molecule has 15 heavy (non-hydrogen) atoms. The summed E-state index contributed by atoms with van der Waals surface area (Å²) >= 11 is 0. The monoisotopic (exact) mass is 202 g/mol. The van der Waals surface area contributed by atoms with Crippen LogP contribution in [0.4, 0.5) is 0 Å². The fourth-order valence-electron chi connectivity index (χ4n) is 1.71. The molecule has 0 fully saturated rings. The molecule has 0 amide bonds. The second kappa shape index (κ2) is 3.85. The second-order valence-electron chi connectivity index (χ2n) is 3.78. The summed E-state index contributed by atoms with van der Waals surface area (Å²) in [6, 6.07) is 8.01. The van der Waals surface area contributed by atoms with Gasteiger partial charge in [-0.15, -0.1) is 0 Å². The molecular weight excluding hydrogens is 188 g/mol. The third kappa shape index (κ3) is 1.91. The first kappa shape index (κ1) is 9.90. The minimum absolute atomic E-state index is 0.210. The fourth-order valence-corrected chi connectivity index (χ4v) is 1.71. The Kier molecular flexibility index (Phi) is 2.54. The van der Waals surface area contributed by atoms with Gasteiger partial charge in [-0.3, -0.25) is 0 Å². The van der Waals surface area contributed by atoms with Gasteiger partial charge < -0.3 is 9.36 Å². The Bertz CT molecular complexity index is 499. The number of imidazole rings is 1. The zero-order valence-electron chi connectivity index (χ0n) is 9.03. The first-order chi connectivity index (χ1) is 7.18. The van der Waals surface area contributed by atoms with Gasteiger partial charge in [0.2, 0.25) is 0 Å². The van der Waals surface area contributed by atoms with E-state index in [-0.39, 0.29) is 5.78 Å². The van der Waals surface area contributed by atoms with Crippen molar-refractivity contribution in [1.29, 1.82) is 0 Å². The summed E-state index contributed by atoms with van der Waals surface area (Å²) in [6.07, 6.45) is 1.29. The standard InChI is InChI=1S/C12H14N2O/c1-9(15)7-8-12-13-10-5-3-4-6-11(10)14(12)2/h3-6H,7-8H2,1-2H3. The molecule has 0 radical (unpaired) electrons. The van der Waals surface area contributed by atoms with E-state index in [9.17, 15) is 4.79 Å². The van der Waals surface area contributed by atoms with Crippen molar-refractivity contribution in [3.63, 3.8) is 0 Å². The Morgan fingerprint density at radius 3 is 2.80 bits per heavy atom. The van der Waals surface area contributed by atoms with E-state index >= 15 is 0 Å². The quantitative estimate of drug-likeness (QED) is 0.764. The lowest BCUT2D eigenvalue weighted by Gasteiger charge is -1.99. The molecule has 1 aromatic carbocycles. The molecule has 78 valence electrons. The first-order valence-corrected chi connectivity index (χ1v) is 5.08. The number of rotatable bonds is 3. The van der Waals surface area contributed by atoms with Crippen LogP contribution in [0.15, 0.2) is 24.3 Å². The number of ketones is 1. The number of hydrogen-bond acceptors (Lipinski definition) is 2. The van der Waals surface area contributed by atoms with Crippen molar-refractivity contribution in [2.75, 3.05) is 0 Å². The number of para-hydroxylation sites is 2.